The Balaban J connectivity index is 1.53. The molecule has 4 heteroatoms. The van der Waals surface area contributed by atoms with Crippen LogP contribution >= 0.6 is 0 Å². The van der Waals surface area contributed by atoms with Crippen LogP contribution in [-0.4, -0.2) is 18.6 Å². The molecular weight excluding hydrogens is 302 g/mol. The second-order valence-corrected chi connectivity index (χ2v) is 6.35. The maximum absolute atomic E-state index is 12.4. The highest BCUT2D eigenvalue weighted by molar-refractivity contribution is 5.79. The molecule has 0 saturated carbocycles. The highest BCUT2D eigenvalue weighted by Gasteiger charge is 2.25. The molecule has 0 aliphatic carbocycles. The largest absolute Gasteiger partial charge is 0.492 e. The summed E-state index contributed by atoms with van der Waals surface area (Å²) in [6, 6.07) is 15.7. The molecule has 0 unspecified atom stereocenters. The third-order valence-corrected chi connectivity index (χ3v) is 4.01. The topological polar surface area (TPSA) is 47.6 Å². The Morgan fingerprint density at radius 2 is 1.96 bits per heavy atom. The van der Waals surface area contributed by atoms with Crippen molar-refractivity contribution in [2.75, 3.05) is 6.61 Å². The van der Waals surface area contributed by atoms with E-state index in [4.69, 9.17) is 9.47 Å². The number of fused-ring (bicyclic) bond motifs is 1. The molecule has 0 bridgehead atoms. The Kier molecular flexibility index (Phi) is 5.04. The van der Waals surface area contributed by atoms with Crippen LogP contribution in [0.5, 0.6) is 11.5 Å². The molecule has 4 nitrogen and oxygen atoms in total. The van der Waals surface area contributed by atoms with E-state index in [0.29, 0.717) is 13.2 Å². The third kappa shape index (κ3) is 4.07. The van der Waals surface area contributed by atoms with Gasteiger partial charge in [-0.05, 0) is 49.6 Å². The van der Waals surface area contributed by atoms with Crippen molar-refractivity contribution in [3.8, 4) is 11.5 Å². The number of ether oxygens (including phenoxy) is 2. The van der Waals surface area contributed by atoms with E-state index < -0.39 is 0 Å². The summed E-state index contributed by atoms with van der Waals surface area (Å²) in [5.74, 6) is 1.63. The number of nitrogens with one attached hydrogen (secondary N) is 1. The molecule has 1 heterocycles. The molecule has 0 saturated heterocycles. The van der Waals surface area contributed by atoms with Gasteiger partial charge in [0.1, 0.15) is 18.1 Å². The Bertz CT molecular complexity index is 694. The average Bonchev–Trinajstić information content (AvgIpc) is 2.60. The number of rotatable bonds is 5. The van der Waals surface area contributed by atoms with E-state index in [2.05, 4.69) is 5.32 Å². The predicted octanol–water partition coefficient (Wildman–Crippen LogP) is 3.34. The maximum atomic E-state index is 12.4. The fraction of sp³-hybridized carbons (Fsp3) is 0.350. The highest BCUT2D eigenvalue weighted by atomic mass is 16.5. The van der Waals surface area contributed by atoms with Gasteiger partial charge in [-0.25, -0.2) is 0 Å². The van der Waals surface area contributed by atoms with E-state index in [1.807, 2.05) is 62.4 Å². The number of carbonyl (C=O) groups excluding carboxylic acids is 1. The minimum absolute atomic E-state index is 0.0343. The minimum atomic E-state index is -0.136. The van der Waals surface area contributed by atoms with Crippen LogP contribution in [0.1, 0.15) is 25.0 Å². The number of carbonyl (C=O) groups is 1. The fourth-order valence-electron chi connectivity index (χ4n) is 2.79. The van der Waals surface area contributed by atoms with Gasteiger partial charge in [0, 0.05) is 6.54 Å². The standard InChI is InChI=1S/C20H23NO3/c1-14(2)24-18-9-7-15(8-10-18)12-21-20(22)17-11-16-5-3-4-6-19(16)23-13-17/h3-10,14,17H,11-13H2,1-2H3,(H,21,22)/t17-/m1/s1. The summed E-state index contributed by atoms with van der Waals surface area (Å²) in [5.41, 5.74) is 2.15. The summed E-state index contributed by atoms with van der Waals surface area (Å²) in [6.45, 7) is 4.94. The number of amides is 1. The zero-order valence-corrected chi connectivity index (χ0v) is 14.1. The van der Waals surface area contributed by atoms with Crippen LogP contribution in [0.2, 0.25) is 0 Å². The van der Waals surface area contributed by atoms with Crippen molar-refractivity contribution in [3.63, 3.8) is 0 Å². The second-order valence-electron chi connectivity index (χ2n) is 6.35. The summed E-state index contributed by atoms with van der Waals surface area (Å²) < 4.78 is 11.3. The van der Waals surface area contributed by atoms with E-state index >= 15 is 0 Å². The lowest BCUT2D eigenvalue weighted by Crippen LogP contribution is -2.37. The molecule has 0 fully saturated rings. The van der Waals surface area contributed by atoms with E-state index in [1.165, 1.54) is 0 Å². The van der Waals surface area contributed by atoms with Crippen molar-refractivity contribution in [3.05, 3.63) is 59.7 Å². The molecular formula is C20H23NO3. The van der Waals surface area contributed by atoms with Gasteiger partial charge >= 0.3 is 0 Å². The van der Waals surface area contributed by atoms with Gasteiger partial charge in [0.15, 0.2) is 0 Å². The third-order valence-electron chi connectivity index (χ3n) is 4.01. The molecule has 126 valence electrons. The average molecular weight is 325 g/mol. The molecule has 24 heavy (non-hydrogen) atoms. The SMILES string of the molecule is CC(C)Oc1ccc(CNC(=O)[C@H]2COc3ccccc3C2)cc1. The van der Waals surface area contributed by atoms with E-state index in [0.717, 1.165) is 29.0 Å². The summed E-state index contributed by atoms with van der Waals surface area (Å²) in [4.78, 5) is 12.4. The first-order valence-corrected chi connectivity index (χ1v) is 8.36. The van der Waals surface area contributed by atoms with Gasteiger partial charge < -0.3 is 14.8 Å². The quantitative estimate of drug-likeness (QED) is 0.917. The Hall–Kier alpha value is -2.49. The van der Waals surface area contributed by atoms with Gasteiger partial charge in [-0.1, -0.05) is 30.3 Å². The summed E-state index contributed by atoms with van der Waals surface area (Å²) in [5, 5.41) is 3.00. The van der Waals surface area contributed by atoms with Crippen molar-refractivity contribution in [2.24, 2.45) is 5.92 Å². The molecule has 1 amide bonds. The summed E-state index contributed by atoms with van der Waals surface area (Å²) >= 11 is 0. The number of hydrogen-bond acceptors (Lipinski definition) is 3. The van der Waals surface area contributed by atoms with Crippen LogP contribution in [0.25, 0.3) is 0 Å². The monoisotopic (exact) mass is 325 g/mol. The van der Waals surface area contributed by atoms with Crippen molar-refractivity contribution >= 4 is 5.91 Å². The highest BCUT2D eigenvalue weighted by Crippen LogP contribution is 2.26. The maximum Gasteiger partial charge on any atom is 0.227 e. The van der Waals surface area contributed by atoms with E-state index in [-0.39, 0.29) is 17.9 Å². The van der Waals surface area contributed by atoms with Crippen LogP contribution in [-0.2, 0) is 17.8 Å². The summed E-state index contributed by atoms with van der Waals surface area (Å²) in [6.07, 6.45) is 0.883. The molecule has 1 aliphatic heterocycles. The number of hydrogen-bond donors (Lipinski definition) is 1. The molecule has 1 N–H and O–H groups in total. The van der Waals surface area contributed by atoms with Crippen LogP contribution in [0.15, 0.2) is 48.5 Å². The molecule has 0 radical (unpaired) electrons. The van der Waals surface area contributed by atoms with Crippen molar-refractivity contribution in [1.29, 1.82) is 0 Å². The smallest absolute Gasteiger partial charge is 0.227 e. The molecule has 1 aliphatic rings. The first kappa shape index (κ1) is 16.4. The fourth-order valence-corrected chi connectivity index (χ4v) is 2.79. The van der Waals surface area contributed by atoms with Gasteiger partial charge in [-0.2, -0.15) is 0 Å². The van der Waals surface area contributed by atoms with E-state index in [9.17, 15) is 4.79 Å². The molecule has 1 atom stereocenters. The normalized spacial score (nSPS) is 16.2. The lowest BCUT2D eigenvalue weighted by atomic mass is 9.96. The molecule has 0 spiro atoms. The van der Waals surface area contributed by atoms with Gasteiger partial charge in [0.2, 0.25) is 5.91 Å². The second kappa shape index (κ2) is 7.39. The molecule has 3 rings (SSSR count). The minimum Gasteiger partial charge on any atom is -0.492 e. The first-order valence-electron chi connectivity index (χ1n) is 8.36. The summed E-state index contributed by atoms with van der Waals surface area (Å²) in [7, 11) is 0. The van der Waals surface area contributed by atoms with Gasteiger partial charge in [-0.15, -0.1) is 0 Å². The van der Waals surface area contributed by atoms with Crippen LogP contribution in [0.4, 0.5) is 0 Å². The van der Waals surface area contributed by atoms with Crippen molar-refractivity contribution in [2.45, 2.75) is 32.9 Å². The van der Waals surface area contributed by atoms with Crippen LogP contribution < -0.4 is 14.8 Å². The number of para-hydroxylation sites is 1. The number of benzene rings is 2. The van der Waals surface area contributed by atoms with Crippen molar-refractivity contribution in [1.82, 2.24) is 5.32 Å². The van der Waals surface area contributed by atoms with E-state index in [1.54, 1.807) is 0 Å². The first-order chi connectivity index (χ1) is 11.6. The Morgan fingerprint density at radius 1 is 1.21 bits per heavy atom. The van der Waals surface area contributed by atoms with Crippen LogP contribution in [0.3, 0.4) is 0 Å². The van der Waals surface area contributed by atoms with Gasteiger partial charge in [-0.3, -0.25) is 4.79 Å². The van der Waals surface area contributed by atoms with Gasteiger partial charge in [0.05, 0.1) is 12.0 Å². The Labute approximate surface area is 142 Å². The molecule has 2 aromatic carbocycles. The molecule has 2 aromatic rings. The zero-order valence-electron chi connectivity index (χ0n) is 14.1. The lowest BCUT2D eigenvalue weighted by molar-refractivity contribution is -0.126. The predicted molar refractivity (Wildman–Crippen MR) is 93.2 cm³/mol. The van der Waals surface area contributed by atoms with Gasteiger partial charge in [0.25, 0.3) is 0 Å². The Morgan fingerprint density at radius 3 is 2.71 bits per heavy atom. The van der Waals surface area contributed by atoms with Crippen LogP contribution in [0, 0.1) is 5.92 Å². The van der Waals surface area contributed by atoms with Crippen molar-refractivity contribution < 1.29 is 14.3 Å². The molecule has 0 aromatic heterocycles. The lowest BCUT2D eigenvalue weighted by Gasteiger charge is -2.24. The zero-order chi connectivity index (χ0) is 16.9.